The van der Waals surface area contributed by atoms with Gasteiger partial charge in [-0.3, -0.25) is 9.59 Å². The van der Waals surface area contributed by atoms with E-state index in [4.69, 9.17) is 5.11 Å². The highest BCUT2D eigenvalue weighted by Gasteiger charge is 2.19. The molecule has 0 aliphatic rings. The molecule has 4 heteroatoms. The van der Waals surface area contributed by atoms with Crippen LogP contribution in [0.4, 0.5) is 0 Å². The van der Waals surface area contributed by atoms with E-state index >= 15 is 0 Å². The van der Waals surface area contributed by atoms with Gasteiger partial charge < -0.3 is 10.4 Å². The van der Waals surface area contributed by atoms with E-state index in [-0.39, 0.29) is 11.9 Å². The molecule has 0 heterocycles. The van der Waals surface area contributed by atoms with Gasteiger partial charge in [-0.2, -0.15) is 0 Å². The van der Waals surface area contributed by atoms with Crippen molar-refractivity contribution in [3.05, 3.63) is 0 Å². The van der Waals surface area contributed by atoms with Gasteiger partial charge in [-0.25, -0.2) is 0 Å². The van der Waals surface area contributed by atoms with Crippen LogP contribution in [0.15, 0.2) is 0 Å². The van der Waals surface area contributed by atoms with E-state index in [2.05, 4.69) is 5.32 Å². The molecule has 0 radical (unpaired) electrons. The van der Waals surface area contributed by atoms with Crippen molar-refractivity contribution >= 4 is 11.9 Å². The summed E-state index contributed by atoms with van der Waals surface area (Å²) in [5, 5.41) is 11.2. The van der Waals surface area contributed by atoms with Gasteiger partial charge in [0.15, 0.2) is 0 Å². The maximum Gasteiger partial charge on any atom is 0.308 e. The molecular formula is C8H15NO3. The molecule has 70 valence electrons. The Morgan fingerprint density at radius 1 is 1.42 bits per heavy atom. The third kappa shape index (κ3) is 3.37. The lowest BCUT2D eigenvalue weighted by Gasteiger charge is -2.16. The predicted octanol–water partition coefficient (Wildman–Crippen LogP) is 0.622. The molecule has 0 rings (SSSR count). The summed E-state index contributed by atoms with van der Waals surface area (Å²) in [6.45, 7) is 4.99. The smallest absolute Gasteiger partial charge is 0.308 e. The van der Waals surface area contributed by atoms with Crippen LogP contribution in [0.3, 0.4) is 0 Å². The molecule has 2 N–H and O–H groups in total. The Balaban J connectivity index is 3.94. The zero-order valence-corrected chi connectivity index (χ0v) is 7.63. The first kappa shape index (κ1) is 10.9. The fourth-order valence-electron chi connectivity index (χ4n) is 0.695. The molecule has 12 heavy (non-hydrogen) atoms. The van der Waals surface area contributed by atoms with Crippen LogP contribution in [0.5, 0.6) is 0 Å². The van der Waals surface area contributed by atoms with Gasteiger partial charge in [0.1, 0.15) is 0 Å². The van der Waals surface area contributed by atoms with Crippen LogP contribution in [0.25, 0.3) is 0 Å². The standard InChI is InChI=1S/C8H15NO3/c1-4-7(10)9-6(3)5(2)8(11)12/h5-6H,4H2,1-3H3,(H,9,10)(H,11,12). The van der Waals surface area contributed by atoms with Gasteiger partial charge in [0.2, 0.25) is 5.91 Å². The lowest BCUT2D eigenvalue weighted by atomic mass is 10.0. The van der Waals surface area contributed by atoms with Crippen molar-refractivity contribution in [2.75, 3.05) is 0 Å². The number of amides is 1. The summed E-state index contributed by atoms with van der Waals surface area (Å²) >= 11 is 0. The molecule has 2 unspecified atom stereocenters. The van der Waals surface area contributed by atoms with Gasteiger partial charge in [0, 0.05) is 12.5 Å². The highest BCUT2D eigenvalue weighted by atomic mass is 16.4. The van der Waals surface area contributed by atoms with Gasteiger partial charge in [0.25, 0.3) is 0 Å². The molecule has 0 aromatic rings. The Bertz CT molecular complexity index is 179. The number of nitrogens with one attached hydrogen (secondary N) is 1. The van der Waals surface area contributed by atoms with E-state index in [9.17, 15) is 9.59 Å². The first-order chi connectivity index (χ1) is 5.49. The van der Waals surface area contributed by atoms with E-state index in [1.54, 1.807) is 20.8 Å². The third-order valence-electron chi connectivity index (χ3n) is 1.85. The van der Waals surface area contributed by atoms with E-state index in [0.29, 0.717) is 6.42 Å². The van der Waals surface area contributed by atoms with E-state index in [1.807, 2.05) is 0 Å². The number of rotatable bonds is 4. The third-order valence-corrected chi connectivity index (χ3v) is 1.85. The summed E-state index contributed by atoms with van der Waals surface area (Å²) < 4.78 is 0. The molecule has 0 aromatic heterocycles. The molecule has 0 bridgehead atoms. The van der Waals surface area contributed by atoms with Crippen molar-refractivity contribution < 1.29 is 14.7 Å². The summed E-state index contributed by atoms with van der Waals surface area (Å²) in [6, 6.07) is -0.310. The number of carboxylic acid groups (broad SMARTS) is 1. The van der Waals surface area contributed by atoms with Crippen LogP contribution < -0.4 is 5.32 Å². The van der Waals surface area contributed by atoms with Crippen LogP contribution in [-0.4, -0.2) is 23.0 Å². The van der Waals surface area contributed by atoms with Gasteiger partial charge in [-0.1, -0.05) is 6.92 Å². The topological polar surface area (TPSA) is 66.4 Å². The summed E-state index contributed by atoms with van der Waals surface area (Å²) in [5.41, 5.74) is 0. The maximum atomic E-state index is 10.8. The minimum absolute atomic E-state index is 0.115. The lowest BCUT2D eigenvalue weighted by Crippen LogP contribution is -2.39. The van der Waals surface area contributed by atoms with Crippen LogP contribution in [0, 0.1) is 5.92 Å². The summed E-state index contributed by atoms with van der Waals surface area (Å²) in [6.07, 6.45) is 0.386. The van der Waals surface area contributed by atoms with Crippen LogP contribution in [0.1, 0.15) is 27.2 Å². The van der Waals surface area contributed by atoms with Gasteiger partial charge in [0.05, 0.1) is 5.92 Å². The SMILES string of the molecule is CCC(=O)NC(C)C(C)C(=O)O. The first-order valence-electron chi connectivity index (χ1n) is 4.01. The molecule has 1 amide bonds. The lowest BCUT2D eigenvalue weighted by molar-refractivity contribution is -0.142. The number of hydrogen-bond acceptors (Lipinski definition) is 2. The Morgan fingerprint density at radius 2 is 1.92 bits per heavy atom. The minimum atomic E-state index is -0.890. The summed E-state index contributed by atoms with van der Waals surface area (Å²) in [4.78, 5) is 21.3. The molecule has 0 saturated heterocycles. The van der Waals surface area contributed by atoms with Crippen LogP contribution in [0.2, 0.25) is 0 Å². The van der Waals surface area contributed by atoms with Crippen molar-refractivity contribution in [1.82, 2.24) is 5.32 Å². The Hall–Kier alpha value is -1.06. The molecule has 2 atom stereocenters. The average Bonchev–Trinajstić information content (AvgIpc) is 2.02. The first-order valence-corrected chi connectivity index (χ1v) is 4.01. The average molecular weight is 173 g/mol. The molecule has 0 saturated carbocycles. The molecule has 0 aliphatic carbocycles. The van der Waals surface area contributed by atoms with Crippen molar-refractivity contribution in [3.63, 3.8) is 0 Å². The second-order valence-corrected chi connectivity index (χ2v) is 2.84. The number of hydrogen-bond donors (Lipinski definition) is 2. The number of carboxylic acids is 1. The summed E-state index contributed by atoms with van der Waals surface area (Å²) in [7, 11) is 0. The second-order valence-electron chi connectivity index (χ2n) is 2.84. The van der Waals surface area contributed by atoms with Crippen LogP contribution in [-0.2, 0) is 9.59 Å². The quantitative estimate of drug-likeness (QED) is 0.655. The second kappa shape index (κ2) is 4.74. The Morgan fingerprint density at radius 3 is 2.25 bits per heavy atom. The number of carbonyl (C=O) groups is 2. The largest absolute Gasteiger partial charge is 0.481 e. The van der Waals surface area contributed by atoms with E-state index in [1.165, 1.54) is 0 Å². The minimum Gasteiger partial charge on any atom is -0.481 e. The normalized spacial score (nSPS) is 14.9. The van der Waals surface area contributed by atoms with Gasteiger partial charge in [-0.05, 0) is 13.8 Å². The fraction of sp³-hybridized carbons (Fsp3) is 0.750. The zero-order valence-electron chi connectivity index (χ0n) is 7.63. The van der Waals surface area contributed by atoms with Crippen molar-refractivity contribution in [2.45, 2.75) is 33.2 Å². The molecule has 4 nitrogen and oxygen atoms in total. The molecule has 0 spiro atoms. The highest BCUT2D eigenvalue weighted by molar-refractivity contribution is 5.77. The predicted molar refractivity (Wildman–Crippen MR) is 44.7 cm³/mol. The van der Waals surface area contributed by atoms with Crippen molar-refractivity contribution in [2.24, 2.45) is 5.92 Å². The van der Waals surface area contributed by atoms with Gasteiger partial charge in [-0.15, -0.1) is 0 Å². The number of carbonyl (C=O) groups excluding carboxylic acids is 1. The van der Waals surface area contributed by atoms with Gasteiger partial charge >= 0.3 is 5.97 Å². The summed E-state index contributed by atoms with van der Waals surface area (Å²) in [5.74, 6) is -1.55. The zero-order chi connectivity index (χ0) is 9.72. The highest BCUT2D eigenvalue weighted by Crippen LogP contribution is 2.02. The number of aliphatic carboxylic acids is 1. The van der Waals surface area contributed by atoms with Crippen molar-refractivity contribution in [3.8, 4) is 0 Å². The fourth-order valence-corrected chi connectivity index (χ4v) is 0.695. The molecule has 0 aromatic carbocycles. The maximum absolute atomic E-state index is 10.8. The Labute approximate surface area is 72.0 Å². The molecule has 0 aliphatic heterocycles. The van der Waals surface area contributed by atoms with E-state index < -0.39 is 11.9 Å². The molecule has 0 fully saturated rings. The van der Waals surface area contributed by atoms with Crippen LogP contribution >= 0.6 is 0 Å². The van der Waals surface area contributed by atoms with Crippen molar-refractivity contribution in [1.29, 1.82) is 0 Å². The Kier molecular flexibility index (Phi) is 4.33. The van der Waals surface area contributed by atoms with E-state index in [0.717, 1.165) is 0 Å². The monoisotopic (exact) mass is 173 g/mol. The molecular weight excluding hydrogens is 158 g/mol.